The summed E-state index contributed by atoms with van der Waals surface area (Å²) in [4.78, 5) is 196. The summed E-state index contributed by atoms with van der Waals surface area (Å²) >= 11 is 5.03. The maximum absolute atomic E-state index is 15.0. The number of aromatic amines is 1. The number of nitrogens with zero attached hydrogens (tertiary/aromatic N) is 2. The van der Waals surface area contributed by atoms with Crippen molar-refractivity contribution in [3.8, 4) is 0 Å². The quantitative estimate of drug-likeness (QED) is 0.0445. The lowest BCUT2D eigenvalue weighted by atomic mass is 9.93. The molecular weight excluding hydrogens is 1230 g/mol. The summed E-state index contributed by atoms with van der Waals surface area (Å²) in [6.07, 6.45) is -4.54. The Kier molecular flexibility index (Phi) is 24.5. The van der Waals surface area contributed by atoms with Gasteiger partial charge in [-0.25, -0.2) is 0 Å². The predicted octanol–water partition coefficient (Wildman–Crippen LogP) is -4.80. The van der Waals surface area contributed by atoms with Crippen molar-refractivity contribution in [2.24, 2.45) is 11.8 Å². The van der Waals surface area contributed by atoms with Crippen LogP contribution in [0.15, 0.2) is 53.6 Å². The fourth-order valence-corrected chi connectivity index (χ4v) is 11.9. The molecule has 3 aromatic rings. The normalized spacial score (nSPS) is 24.6. The lowest BCUT2D eigenvalue weighted by Crippen LogP contribution is -2.62. The van der Waals surface area contributed by atoms with Gasteiger partial charge in [0.25, 0.3) is 0 Å². The van der Waals surface area contributed by atoms with Crippen LogP contribution < -0.4 is 58.5 Å². The lowest BCUT2D eigenvalue weighted by molar-refractivity contribution is -0.144. The first-order valence-corrected chi connectivity index (χ1v) is 31.1. The fraction of sp³-hybridized carbons (Fsp3) is 0.517. The Morgan fingerprint density at radius 3 is 2.12 bits per heavy atom. The van der Waals surface area contributed by atoms with Gasteiger partial charge in [-0.1, -0.05) is 57.5 Å². The van der Waals surface area contributed by atoms with Gasteiger partial charge >= 0.3 is 0 Å². The standard InChI is InChI=1S/C58H76N14O17S2/c1-5-27(2)48-54(86)62-22-45(79)65-38-26-91-56-34(33-8-6-7-9-35(33)68-56)17-36(51(83)61-23-46(80)69-48)66-55(87)49(28(3)40(75)25-73)70-53(85)39-16-32(74)24-72(39)57(88)37(67-52(38)84)18-43(77)59-20-30-10-12-31(13-11-30)64-50(82)29(4)63-44(78)21-60-42(76)14-15-71-47(81)19-41(90)58(71)89/h6-13,27-29,32,36-41,48-49,68,73-75,90H,5,14-26H2,1-4H3,(H,59,77)(H,60,76)(H,61,83)(H,62,86)(H,63,78)(H,64,82)(H,65,79)(H,66,87)(H,67,84)(H,69,80)(H,70,85)/t27?,28?,29-,32?,36?,37?,38?,39?,40?,41?,48?,49?/m0/s1. The third kappa shape index (κ3) is 18.5. The van der Waals surface area contributed by atoms with E-state index in [2.05, 4.69) is 76.1 Å². The van der Waals surface area contributed by atoms with Gasteiger partial charge in [0.1, 0.15) is 42.3 Å². The van der Waals surface area contributed by atoms with Crippen LogP contribution in [0.4, 0.5) is 5.69 Å². The van der Waals surface area contributed by atoms with Crippen molar-refractivity contribution in [1.82, 2.24) is 68.0 Å². The number of likely N-dealkylation sites (tertiary alicyclic amines) is 1. The van der Waals surface area contributed by atoms with Gasteiger partial charge in [-0.3, -0.25) is 72.0 Å². The number of benzene rings is 2. The molecule has 12 atom stereocenters. The molecule has 0 aliphatic carbocycles. The minimum atomic E-state index is -1.84. The molecule has 5 heterocycles. The zero-order valence-corrected chi connectivity index (χ0v) is 52.0. The number of rotatable bonds is 17. The van der Waals surface area contributed by atoms with Gasteiger partial charge in [0, 0.05) is 73.6 Å². The van der Waals surface area contributed by atoms with Crippen LogP contribution in [0, 0.1) is 11.8 Å². The monoisotopic (exact) mass is 1300 g/mol. The number of amides is 14. The molecule has 0 saturated carbocycles. The highest BCUT2D eigenvalue weighted by molar-refractivity contribution is 7.99. The molecule has 2 fully saturated rings. The highest BCUT2D eigenvalue weighted by Gasteiger charge is 2.45. The highest BCUT2D eigenvalue weighted by atomic mass is 32.2. The summed E-state index contributed by atoms with van der Waals surface area (Å²) in [6, 6.07) is 2.25. The van der Waals surface area contributed by atoms with Crippen molar-refractivity contribution >= 4 is 124 Å². The summed E-state index contributed by atoms with van der Waals surface area (Å²) in [5, 5.41) is 60.3. The van der Waals surface area contributed by atoms with Gasteiger partial charge in [0.15, 0.2) is 0 Å². The smallest absolute Gasteiger partial charge is 0.246 e. The van der Waals surface area contributed by atoms with Crippen molar-refractivity contribution in [2.45, 2.75) is 138 Å². The van der Waals surface area contributed by atoms with Gasteiger partial charge in [-0.05, 0) is 42.2 Å². The van der Waals surface area contributed by atoms with Crippen molar-refractivity contribution in [1.29, 1.82) is 0 Å². The summed E-state index contributed by atoms with van der Waals surface area (Å²) in [7, 11) is 0. The van der Waals surface area contributed by atoms with E-state index in [0.717, 1.165) is 21.6 Å². The summed E-state index contributed by atoms with van der Waals surface area (Å²) in [6.45, 7) is 2.45. The number of carbonyl (C=O) groups excluding carboxylic acids is 14. The largest absolute Gasteiger partial charge is 0.394 e. The summed E-state index contributed by atoms with van der Waals surface area (Å²) in [5.41, 5.74) is 1.68. The molecule has 492 valence electrons. The van der Waals surface area contributed by atoms with Crippen molar-refractivity contribution in [3.05, 3.63) is 59.7 Å². The molecule has 11 unspecified atom stereocenters. The number of carbonyl (C=O) groups is 14. The number of aliphatic hydroxyl groups excluding tert-OH is 3. The SMILES string of the molecule is CCC(C)C1NC(=O)CNC(=O)C2Cc3c([nH]c4ccccc34)SCC(NC(=O)CNC1=O)C(=O)NC(CC(=O)NCc1ccc(NC(=O)[C@H](C)NC(=O)CNC(=O)CCN3C(=O)CC(S)C3=O)cc1)C(=O)N1CC(O)CC1C(=O)NC(C(C)C(O)CO)C(=O)N2. The molecule has 4 aliphatic heterocycles. The van der Waals surface area contributed by atoms with Crippen LogP contribution in [-0.4, -0.2) is 218 Å². The number of hydrogen-bond donors (Lipinski definition) is 16. The average Bonchev–Trinajstić information content (AvgIpc) is 1.73. The van der Waals surface area contributed by atoms with Crippen LogP contribution in [0.1, 0.15) is 70.9 Å². The van der Waals surface area contributed by atoms with Gasteiger partial charge in [0.2, 0.25) is 82.7 Å². The Morgan fingerprint density at radius 2 is 1.44 bits per heavy atom. The minimum absolute atomic E-state index is 0.0768. The number of H-pyrrole nitrogens is 1. The second-order valence-electron chi connectivity index (χ2n) is 22.7. The Labute approximate surface area is 531 Å². The van der Waals surface area contributed by atoms with Gasteiger partial charge < -0.3 is 83.7 Å². The van der Waals surface area contributed by atoms with E-state index in [1.165, 1.54) is 38.1 Å². The lowest BCUT2D eigenvalue weighted by Gasteiger charge is -2.33. The van der Waals surface area contributed by atoms with E-state index < -0.39 is 200 Å². The molecule has 2 saturated heterocycles. The molecule has 15 N–H and O–H groups in total. The van der Waals surface area contributed by atoms with Gasteiger partial charge in [0.05, 0.1) is 55.1 Å². The van der Waals surface area contributed by atoms with Gasteiger partial charge in [-0.2, -0.15) is 12.6 Å². The molecule has 14 amide bonds. The maximum Gasteiger partial charge on any atom is 0.246 e. The molecule has 0 radical (unpaired) electrons. The summed E-state index contributed by atoms with van der Waals surface area (Å²) < 4.78 is 0. The molecule has 2 bridgehead atoms. The van der Waals surface area contributed by atoms with Crippen LogP contribution in [-0.2, 0) is 80.1 Å². The fourth-order valence-electron chi connectivity index (χ4n) is 10.5. The molecule has 91 heavy (non-hydrogen) atoms. The second kappa shape index (κ2) is 31.9. The van der Waals surface area contributed by atoms with Crippen LogP contribution in [0.25, 0.3) is 10.9 Å². The molecular formula is C58H76N14O17S2. The number of para-hydroxylation sites is 1. The zero-order chi connectivity index (χ0) is 66.4. The van der Waals surface area contributed by atoms with E-state index in [1.54, 1.807) is 38.1 Å². The van der Waals surface area contributed by atoms with Crippen molar-refractivity contribution in [2.75, 3.05) is 50.4 Å². The first kappa shape index (κ1) is 69.8. The first-order valence-electron chi connectivity index (χ1n) is 29.5. The first-order chi connectivity index (χ1) is 43.2. The van der Waals surface area contributed by atoms with E-state index in [1.807, 2.05) is 0 Å². The number of aliphatic hydroxyl groups is 3. The number of imide groups is 1. The van der Waals surface area contributed by atoms with Crippen LogP contribution in [0.5, 0.6) is 0 Å². The van der Waals surface area contributed by atoms with E-state index in [-0.39, 0.29) is 43.8 Å². The average molecular weight is 1310 g/mol. The number of fused-ring (bicyclic) bond motifs is 5. The number of hydrogen-bond acceptors (Lipinski definition) is 19. The second-order valence-corrected chi connectivity index (χ2v) is 24.3. The van der Waals surface area contributed by atoms with E-state index in [4.69, 9.17) is 0 Å². The van der Waals surface area contributed by atoms with Gasteiger partial charge in [-0.15, -0.1) is 11.8 Å². The Morgan fingerprint density at radius 1 is 0.747 bits per heavy atom. The molecule has 7 rings (SSSR count). The molecule has 31 nitrogen and oxygen atoms in total. The Balaban J connectivity index is 1.13. The number of anilines is 1. The third-order valence-corrected chi connectivity index (χ3v) is 17.5. The van der Waals surface area contributed by atoms with Crippen molar-refractivity contribution in [3.63, 3.8) is 0 Å². The summed E-state index contributed by atoms with van der Waals surface area (Å²) in [5.74, 6) is -13.5. The maximum atomic E-state index is 15.0. The predicted molar refractivity (Wildman–Crippen MR) is 327 cm³/mol. The molecule has 0 spiro atoms. The number of nitrogens with one attached hydrogen (secondary N) is 12. The van der Waals surface area contributed by atoms with E-state index >= 15 is 0 Å². The van der Waals surface area contributed by atoms with E-state index in [0.29, 0.717) is 33.5 Å². The van der Waals surface area contributed by atoms with E-state index in [9.17, 15) is 82.4 Å². The zero-order valence-electron chi connectivity index (χ0n) is 50.3. The third-order valence-electron chi connectivity index (χ3n) is 16.0. The molecule has 4 aliphatic rings. The number of thioether (sulfide) groups is 1. The molecule has 2 aromatic carbocycles. The topological polar surface area (TPSA) is 454 Å². The number of aromatic nitrogens is 1. The number of thiol groups is 1. The van der Waals surface area contributed by atoms with Crippen LogP contribution in [0.3, 0.4) is 0 Å². The van der Waals surface area contributed by atoms with Crippen LogP contribution in [0.2, 0.25) is 0 Å². The van der Waals surface area contributed by atoms with Crippen LogP contribution >= 0.6 is 24.4 Å². The highest BCUT2D eigenvalue weighted by Crippen LogP contribution is 2.32. The molecule has 1 aromatic heterocycles. The van der Waals surface area contributed by atoms with Crippen molar-refractivity contribution < 1.29 is 82.4 Å². The minimum Gasteiger partial charge on any atom is -0.394 e. The Bertz CT molecular complexity index is 3300. The molecule has 33 heteroatoms. The Hall–Kier alpha value is -8.66.